The molecule has 1 heterocycles. The Kier molecular flexibility index (Phi) is 4.95. The molecule has 4 N–H and O–H groups in total. The van der Waals surface area contributed by atoms with E-state index < -0.39 is 0 Å². The molecule has 1 aromatic carbocycles. The summed E-state index contributed by atoms with van der Waals surface area (Å²) in [6, 6.07) is 6.79. The predicted molar refractivity (Wildman–Crippen MR) is 78.7 cm³/mol. The Balaban J connectivity index is 1.89. The highest BCUT2D eigenvalue weighted by molar-refractivity contribution is 5.93. The van der Waals surface area contributed by atoms with Gasteiger partial charge >= 0.3 is 6.03 Å². The molecule has 1 aromatic rings. The van der Waals surface area contributed by atoms with Crippen molar-refractivity contribution < 1.29 is 9.59 Å². The zero-order valence-electron chi connectivity index (χ0n) is 11.5. The quantitative estimate of drug-likeness (QED) is 0.673. The number of carbonyl (C=O) groups is 2. The number of urea groups is 1. The largest absolute Gasteiger partial charge is 0.341 e. The molecule has 0 radical (unpaired) electrons. The molecule has 0 aliphatic carbocycles. The van der Waals surface area contributed by atoms with E-state index in [1.54, 1.807) is 31.3 Å². The van der Waals surface area contributed by atoms with E-state index in [2.05, 4.69) is 21.3 Å². The SMILES string of the molecule is CNC(=O)Nc1ccc(NC(=O)[C@H]2CCCNC2)cc1. The molecule has 2 rings (SSSR count). The summed E-state index contributed by atoms with van der Waals surface area (Å²) in [7, 11) is 1.56. The summed E-state index contributed by atoms with van der Waals surface area (Å²) in [5.41, 5.74) is 1.42. The fourth-order valence-electron chi connectivity index (χ4n) is 2.15. The van der Waals surface area contributed by atoms with Crippen LogP contribution >= 0.6 is 0 Å². The van der Waals surface area contributed by atoms with E-state index in [4.69, 9.17) is 0 Å². The van der Waals surface area contributed by atoms with Gasteiger partial charge in [-0.3, -0.25) is 4.79 Å². The number of amides is 3. The molecule has 6 nitrogen and oxygen atoms in total. The molecule has 0 bridgehead atoms. The van der Waals surface area contributed by atoms with E-state index in [0.29, 0.717) is 5.69 Å². The smallest absolute Gasteiger partial charge is 0.318 e. The van der Waals surface area contributed by atoms with Crippen molar-refractivity contribution in [3.63, 3.8) is 0 Å². The number of hydrogen-bond acceptors (Lipinski definition) is 3. The number of piperidine rings is 1. The van der Waals surface area contributed by atoms with Crippen LogP contribution in [0.2, 0.25) is 0 Å². The lowest BCUT2D eigenvalue weighted by Gasteiger charge is -2.21. The van der Waals surface area contributed by atoms with Gasteiger partial charge in [-0.1, -0.05) is 0 Å². The number of nitrogens with one attached hydrogen (secondary N) is 4. The molecule has 0 spiro atoms. The molecule has 6 heteroatoms. The first-order chi connectivity index (χ1) is 9.69. The average Bonchev–Trinajstić information content (AvgIpc) is 2.50. The molecule has 0 aromatic heterocycles. The van der Waals surface area contributed by atoms with Crippen molar-refractivity contribution in [2.45, 2.75) is 12.8 Å². The number of benzene rings is 1. The van der Waals surface area contributed by atoms with Crippen LogP contribution in [0.3, 0.4) is 0 Å². The summed E-state index contributed by atoms with van der Waals surface area (Å²) < 4.78 is 0. The zero-order valence-corrected chi connectivity index (χ0v) is 11.5. The van der Waals surface area contributed by atoms with Crippen LogP contribution in [0.15, 0.2) is 24.3 Å². The second kappa shape index (κ2) is 6.91. The fourth-order valence-corrected chi connectivity index (χ4v) is 2.15. The lowest BCUT2D eigenvalue weighted by molar-refractivity contribution is -0.120. The van der Waals surface area contributed by atoms with Gasteiger partial charge in [-0.2, -0.15) is 0 Å². The third-order valence-corrected chi connectivity index (χ3v) is 3.31. The second-order valence-corrected chi connectivity index (χ2v) is 4.81. The summed E-state index contributed by atoms with van der Waals surface area (Å²) in [4.78, 5) is 23.2. The van der Waals surface area contributed by atoms with Gasteiger partial charge in [-0.25, -0.2) is 4.79 Å². The van der Waals surface area contributed by atoms with Gasteiger partial charge in [-0.15, -0.1) is 0 Å². The maximum atomic E-state index is 12.0. The highest BCUT2D eigenvalue weighted by Crippen LogP contribution is 2.16. The maximum absolute atomic E-state index is 12.0. The minimum atomic E-state index is -0.268. The fraction of sp³-hybridized carbons (Fsp3) is 0.429. The van der Waals surface area contributed by atoms with Gasteiger partial charge in [0.2, 0.25) is 5.91 Å². The van der Waals surface area contributed by atoms with Gasteiger partial charge in [0.05, 0.1) is 5.92 Å². The van der Waals surface area contributed by atoms with E-state index in [9.17, 15) is 9.59 Å². The molecule has 1 atom stereocenters. The Labute approximate surface area is 118 Å². The molecular formula is C14H20N4O2. The summed E-state index contributed by atoms with van der Waals surface area (Å²) >= 11 is 0. The molecule has 3 amide bonds. The lowest BCUT2D eigenvalue weighted by atomic mass is 9.99. The Morgan fingerprint density at radius 1 is 1.15 bits per heavy atom. The van der Waals surface area contributed by atoms with Crippen molar-refractivity contribution in [1.29, 1.82) is 0 Å². The predicted octanol–water partition coefficient (Wildman–Crippen LogP) is 1.38. The first-order valence-corrected chi connectivity index (χ1v) is 6.79. The van der Waals surface area contributed by atoms with Crippen LogP contribution in [-0.4, -0.2) is 32.1 Å². The van der Waals surface area contributed by atoms with Gasteiger partial charge in [-0.05, 0) is 43.7 Å². The van der Waals surface area contributed by atoms with Crippen molar-refractivity contribution in [3.05, 3.63) is 24.3 Å². The highest BCUT2D eigenvalue weighted by Gasteiger charge is 2.20. The summed E-state index contributed by atoms with van der Waals surface area (Å²) in [5, 5.41) is 11.3. The highest BCUT2D eigenvalue weighted by atomic mass is 16.2. The molecule has 1 aliphatic heterocycles. The van der Waals surface area contributed by atoms with E-state index in [0.717, 1.165) is 31.6 Å². The number of anilines is 2. The van der Waals surface area contributed by atoms with Crippen molar-refractivity contribution in [2.24, 2.45) is 5.92 Å². The number of rotatable bonds is 3. The molecule has 108 valence electrons. The Morgan fingerprint density at radius 3 is 2.35 bits per heavy atom. The van der Waals surface area contributed by atoms with Crippen LogP contribution < -0.4 is 21.3 Å². The van der Waals surface area contributed by atoms with Crippen LogP contribution in [-0.2, 0) is 4.79 Å². The van der Waals surface area contributed by atoms with E-state index in [-0.39, 0.29) is 17.9 Å². The Morgan fingerprint density at radius 2 is 1.80 bits per heavy atom. The minimum Gasteiger partial charge on any atom is -0.341 e. The number of hydrogen-bond donors (Lipinski definition) is 4. The molecule has 1 saturated heterocycles. The van der Waals surface area contributed by atoms with Crippen LogP contribution in [0.4, 0.5) is 16.2 Å². The van der Waals surface area contributed by atoms with Gasteiger partial charge in [0.15, 0.2) is 0 Å². The Bertz CT molecular complexity index is 467. The van der Waals surface area contributed by atoms with Crippen molar-refractivity contribution in [1.82, 2.24) is 10.6 Å². The zero-order chi connectivity index (χ0) is 14.4. The van der Waals surface area contributed by atoms with Gasteiger partial charge in [0.25, 0.3) is 0 Å². The summed E-state index contributed by atoms with van der Waals surface area (Å²) in [6.45, 7) is 1.73. The molecule has 1 fully saturated rings. The Hall–Kier alpha value is -2.08. The lowest BCUT2D eigenvalue weighted by Crippen LogP contribution is -2.37. The maximum Gasteiger partial charge on any atom is 0.318 e. The summed E-state index contributed by atoms with van der Waals surface area (Å²) in [5.74, 6) is 0.0802. The van der Waals surface area contributed by atoms with Crippen molar-refractivity contribution in [2.75, 3.05) is 30.8 Å². The van der Waals surface area contributed by atoms with E-state index >= 15 is 0 Å². The van der Waals surface area contributed by atoms with E-state index in [1.807, 2.05) is 0 Å². The summed E-state index contributed by atoms with van der Waals surface area (Å²) in [6.07, 6.45) is 1.96. The average molecular weight is 276 g/mol. The van der Waals surface area contributed by atoms with Crippen LogP contribution in [0, 0.1) is 5.92 Å². The van der Waals surface area contributed by atoms with Crippen LogP contribution in [0.1, 0.15) is 12.8 Å². The van der Waals surface area contributed by atoms with Crippen molar-refractivity contribution >= 4 is 23.3 Å². The first-order valence-electron chi connectivity index (χ1n) is 6.79. The van der Waals surface area contributed by atoms with Gasteiger partial charge in [0.1, 0.15) is 0 Å². The molecule has 0 unspecified atom stereocenters. The third-order valence-electron chi connectivity index (χ3n) is 3.31. The van der Waals surface area contributed by atoms with Gasteiger partial charge < -0.3 is 21.3 Å². The standard InChI is InChI=1S/C14H20N4O2/c1-15-14(20)18-12-6-4-11(5-7-12)17-13(19)10-3-2-8-16-9-10/h4-7,10,16H,2-3,8-9H2,1H3,(H,17,19)(H2,15,18,20)/t10-/m0/s1. The third kappa shape index (κ3) is 3.96. The van der Waals surface area contributed by atoms with Crippen LogP contribution in [0.5, 0.6) is 0 Å². The molecular weight excluding hydrogens is 256 g/mol. The molecule has 0 saturated carbocycles. The second-order valence-electron chi connectivity index (χ2n) is 4.81. The minimum absolute atomic E-state index is 0.0346. The van der Waals surface area contributed by atoms with Crippen molar-refractivity contribution in [3.8, 4) is 0 Å². The monoisotopic (exact) mass is 276 g/mol. The van der Waals surface area contributed by atoms with Crippen LogP contribution in [0.25, 0.3) is 0 Å². The van der Waals surface area contributed by atoms with E-state index in [1.165, 1.54) is 0 Å². The first kappa shape index (κ1) is 14.3. The van der Waals surface area contributed by atoms with Gasteiger partial charge in [0, 0.05) is 25.0 Å². The number of carbonyl (C=O) groups excluding carboxylic acids is 2. The molecule has 1 aliphatic rings. The topological polar surface area (TPSA) is 82.3 Å². The normalized spacial score (nSPS) is 18.1. The molecule has 20 heavy (non-hydrogen) atoms.